The van der Waals surface area contributed by atoms with Crippen LogP contribution in [0.25, 0.3) is 82.8 Å². The summed E-state index contributed by atoms with van der Waals surface area (Å²) < 4.78 is 9.61. The molecule has 0 saturated carbocycles. The van der Waals surface area contributed by atoms with Crippen LogP contribution in [0.4, 0.5) is 17.1 Å². The van der Waals surface area contributed by atoms with Crippen molar-refractivity contribution in [3.05, 3.63) is 253 Å². The number of rotatable bonds is 5. The summed E-state index contributed by atoms with van der Waals surface area (Å²) in [6, 6.07) is 84.4. The van der Waals surface area contributed by atoms with Crippen LogP contribution in [0, 0.1) is 0 Å². The van der Waals surface area contributed by atoms with Crippen LogP contribution < -0.4 is 4.90 Å². The third-order valence-corrected chi connectivity index (χ3v) is 14.0. The first-order chi connectivity index (χ1) is 31.8. The lowest BCUT2D eigenvalue weighted by Crippen LogP contribution is -2.26. The number of hydrogen-bond acceptors (Lipinski definition) is 2. The van der Waals surface area contributed by atoms with E-state index in [1.54, 1.807) is 0 Å². The molecule has 0 fully saturated rings. The van der Waals surface area contributed by atoms with Gasteiger partial charge in [-0.2, -0.15) is 0 Å². The van der Waals surface area contributed by atoms with Crippen molar-refractivity contribution in [3.8, 4) is 39.1 Å². The first-order valence-electron chi connectivity index (χ1n) is 22.1. The van der Waals surface area contributed by atoms with E-state index in [4.69, 9.17) is 4.42 Å². The minimum atomic E-state index is -0.559. The number of hydrogen-bond donors (Lipinski definition) is 0. The monoisotopic (exact) mass is 814 g/mol. The maximum absolute atomic E-state index is 7.22. The molecule has 2 aromatic heterocycles. The number of anilines is 3. The first kappa shape index (κ1) is 35.2. The highest BCUT2D eigenvalue weighted by molar-refractivity contribution is 6.20. The van der Waals surface area contributed by atoms with Gasteiger partial charge < -0.3 is 13.9 Å². The fourth-order valence-electron chi connectivity index (χ4n) is 11.4. The van der Waals surface area contributed by atoms with Crippen LogP contribution in [0.2, 0.25) is 0 Å². The van der Waals surface area contributed by atoms with Crippen molar-refractivity contribution < 1.29 is 4.42 Å². The van der Waals surface area contributed by atoms with Crippen molar-refractivity contribution in [2.24, 2.45) is 0 Å². The highest BCUT2D eigenvalue weighted by Crippen LogP contribution is 2.65. The molecule has 3 nitrogen and oxygen atoms in total. The average Bonchev–Trinajstić information content (AvgIpc) is 4.09. The molecule has 2 heterocycles. The number of fused-ring (bicyclic) bond motifs is 17. The molecule has 0 aliphatic heterocycles. The molecular weight excluding hydrogens is 777 g/mol. The SMILES string of the molecule is c1ccc(-c2ccc(N(c3ccc4c(c3)c3ccccc3n4-c3ccccc3)c3cc4c(c5oc6ccccc6c35)-c3ccccc3C43c4ccccc4-c4ccccc43)cc2)cc1. The summed E-state index contributed by atoms with van der Waals surface area (Å²) >= 11 is 0. The summed E-state index contributed by atoms with van der Waals surface area (Å²) in [6.07, 6.45) is 0. The molecule has 0 N–H and O–H groups in total. The lowest BCUT2D eigenvalue weighted by atomic mass is 9.70. The van der Waals surface area contributed by atoms with Gasteiger partial charge in [-0.15, -0.1) is 0 Å². The van der Waals surface area contributed by atoms with E-state index in [-0.39, 0.29) is 0 Å². The number of nitrogens with zero attached hydrogens (tertiary/aromatic N) is 2. The Hall–Kier alpha value is -8.40. The lowest BCUT2D eigenvalue weighted by molar-refractivity contribution is 0.669. The molecule has 1 spiro atoms. The second-order valence-corrected chi connectivity index (χ2v) is 17.1. The number of benzene rings is 10. The zero-order valence-corrected chi connectivity index (χ0v) is 34.7. The maximum Gasteiger partial charge on any atom is 0.145 e. The van der Waals surface area contributed by atoms with E-state index in [1.807, 2.05) is 0 Å². The van der Waals surface area contributed by atoms with Crippen LogP contribution in [0.3, 0.4) is 0 Å². The van der Waals surface area contributed by atoms with Crippen LogP contribution in [0.15, 0.2) is 235 Å². The number of furan rings is 1. The Kier molecular flexibility index (Phi) is 7.32. The van der Waals surface area contributed by atoms with E-state index in [2.05, 4.69) is 240 Å². The normalized spacial score (nSPS) is 13.1. The summed E-state index contributed by atoms with van der Waals surface area (Å²) in [6.45, 7) is 0. The minimum Gasteiger partial charge on any atom is -0.455 e. The van der Waals surface area contributed by atoms with Gasteiger partial charge in [-0.1, -0.05) is 170 Å². The Balaban J connectivity index is 1.11. The van der Waals surface area contributed by atoms with Crippen molar-refractivity contribution >= 4 is 60.8 Å². The van der Waals surface area contributed by atoms with E-state index in [1.165, 1.54) is 66.4 Å². The molecule has 298 valence electrons. The summed E-state index contributed by atoms with van der Waals surface area (Å²) in [5, 5.41) is 4.59. The first-order valence-corrected chi connectivity index (χ1v) is 22.1. The van der Waals surface area contributed by atoms with Gasteiger partial charge in [-0.05, 0) is 111 Å². The highest BCUT2D eigenvalue weighted by Gasteiger charge is 2.53. The van der Waals surface area contributed by atoms with Gasteiger partial charge in [0.25, 0.3) is 0 Å². The summed E-state index contributed by atoms with van der Waals surface area (Å²) in [4.78, 5) is 2.48. The molecule has 0 unspecified atom stereocenters. The predicted molar refractivity (Wildman–Crippen MR) is 264 cm³/mol. The summed E-state index contributed by atoms with van der Waals surface area (Å²) in [7, 11) is 0. The number of aromatic nitrogens is 1. The van der Waals surface area contributed by atoms with Crippen LogP contribution in [-0.2, 0) is 5.41 Å². The maximum atomic E-state index is 7.22. The molecule has 2 aliphatic carbocycles. The van der Waals surface area contributed by atoms with Gasteiger partial charge in [0.15, 0.2) is 0 Å². The van der Waals surface area contributed by atoms with Crippen LogP contribution in [0.5, 0.6) is 0 Å². The van der Waals surface area contributed by atoms with Crippen molar-refractivity contribution in [2.75, 3.05) is 4.90 Å². The van der Waals surface area contributed by atoms with Crippen molar-refractivity contribution in [1.82, 2.24) is 4.57 Å². The van der Waals surface area contributed by atoms with Gasteiger partial charge in [-0.3, -0.25) is 0 Å². The van der Waals surface area contributed by atoms with Gasteiger partial charge in [0, 0.05) is 38.8 Å². The quantitative estimate of drug-likeness (QED) is 0.173. The molecule has 0 saturated heterocycles. The van der Waals surface area contributed by atoms with Crippen molar-refractivity contribution in [3.63, 3.8) is 0 Å². The van der Waals surface area contributed by atoms with Crippen LogP contribution in [-0.4, -0.2) is 4.57 Å². The lowest BCUT2D eigenvalue weighted by Gasteiger charge is -2.32. The summed E-state index contributed by atoms with van der Waals surface area (Å²) in [5.41, 5.74) is 20.3. The Labute approximate surface area is 370 Å². The van der Waals surface area contributed by atoms with Crippen LogP contribution >= 0.6 is 0 Å². The predicted octanol–water partition coefficient (Wildman–Crippen LogP) is 16.2. The van der Waals surface area contributed by atoms with Gasteiger partial charge in [0.2, 0.25) is 0 Å². The largest absolute Gasteiger partial charge is 0.455 e. The minimum absolute atomic E-state index is 0.559. The highest BCUT2D eigenvalue weighted by atomic mass is 16.3. The van der Waals surface area contributed by atoms with Gasteiger partial charge in [0.1, 0.15) is 11.2 Å². The zero-order chi connectivity index (χ0) is 41.9. The molecule has 0 atom stereocenters. The Morgan fingerprint density at radius 2 is 0.938 bits per heavy atom. The fraction of sp³-hybridized carbons (Fsp3) is 0.0164. The molecule has 10 aromatic carbocycles. The average molecular weight is 815 g/mol. The van der Waals surface area contributed by atoms with Gasteiger partial charge in [0.05, 0.1) is 27.5 Å². The molecule has 64 heavy (non-hydrogen) atoms. The Morgan fingerprint density at radius 3 is 1.67 bits per heavy atom. The topological polar surface area (TPSA) is 21.3 Å². The molecule has 12 aromatic rings. The molecule has 14 rings (SSSR count). The second kappa shape index (κ2) is 13.3. The Bertz CT molecular complexity index is 3790. The number of para-hydroxylation sites is 3. The van der Waals surface area contributed by atoms with Crippen molar-refractivity contribution in [1.29, 1.82) is 0 Å². The van der Waals surface area contributed by atoms with E-state index < -0.39 is 5.41 Å². The van der Waals surface area contributed by atoms with E-state index >= 15 is 0 Å². The second-order valence-electron chi connectivity index (χ2n) is 17.1. The fourth-order valence-corrected chi connectivity index (χ4v) is 11.4. The van der Waals surface area contributed by atoms with E-state index in [0.717, 1.165) is 55.8 Å². The Morgan fingerprint density at radius 1 is 0.391 bits per heavy atom. The van der Waals surface area contributed by atoms with E-state index in [9.17, 15) is 0 Å². The molecule has 2 aliphatic rings. The van der Waals surface area contributed by atoms with Crippen LogP contribution in [0.1, 0.15) is 22.3 Å². The summed E-state index contributed by atoms with van der Waals surface area (Å²) in [5.74, 6) is 0. The molecular formula is C61H38N2O. The molecule has 0 radical (unpaired) electrons. The third-order valence-electron chi connectivity index (χ3n) is 14.0. The smallest absolute Gasteiger partial charge is 0.145 e. The van der Waals surface area contributed by atoms with Gasteiger partial charge >= 0.3 is 0 Å². The molecule has 0 amide bonds. The molecule has 0 bridgehead atoms. The van der Waals surface area contributed by atoms with Gasteiger partial charge in [-0.25, -0.2) is 0 Å². The standard InChI is InChI=1S/C61H38N2O/c1-3-17-39(18-4-1)40-31-33-42(34-32-40)62(43-35-36-55-49(37-43)46-23-10-15-29-54(46)63(55)41-19-5-2-6-20-41)56-38-53-58(60-59(56)48-25-11-16-30-57(48)64-60)47-24-9-14-28-52(47)61(53)50-26-12-7-21-44(50)45-22-8-13-27-51(45)61/h1-38H. The van der Waals surface area contributed by atoms with Crippen molar-refractivity contribution in [2.45, 2.75) is 5.41 Å². The van der Waals surface area contributed by atoms with E-state index in [0.29, 0.717) is 0 Å². The molecule has 3 heteroatoms. The zero-order valence-electron chi connectivity index (χ0n) is 34.7. The third kappa shape index (κ3) is 4.70.